The molecule has 2 unspecified atom stereocenters. The summed E-state index contributed by atoms with van der Waals surface area (Å²) >= 11 is 0. The van der Waals surface area contributed by atoms with Crippen LogP contribution < -0.4 is 16.8 Å². The van der Waals surface area contributed by atoms with E-state index in [-0.39, 0.29) is 13.2 Å². The molecule has 0 aliphatic carbocycles. The van der Waals surface area contributed by atoms with Crippen LogP contribution in [0, 0.1) is 5.92 Å². The van der Waals surface area contributed by atoms with Gasteiger partial charge in [-0.25, -0.2) is 0 Å². The minimum absolute atomic E-state index is 0.0424. The van der Waals surface area contributed by atoms with Gasteiger partial charge in [0.25, 0.3) is 0 Å². The highest BCUT2D eigenvalue weighted by Gasteiger charge is 2.19. The summed E-state index contributed by atoms with van der Waals surface area (Å²) in [6.07, 6.45) is 0. The monoisotopic (exact) mass is 189 g/mol. The molecule has 0 saturated heterocycles. The first-order valence-electron chi connectivity index (χ1n) is 3.93. The van der Waals surface area contributed by atoms with Crippen molar-refractivity contribution in [1.82, 2.24) is 5.32 Å². The van der Waals surface area contributed by atoms with Gasteiger partial charge in [0.15, 0.2) is 0 Å². The molecular formula is C7H15N3O3. The number of aliphatic hydroxyl groups excluding tert-OH is 1. The highest BCUT2D eigenvalue weighted by Crippen LogP contribution is 1.93. The average Bonchev–Trinajstić information content (AvgIpc) is 2.11. The molecule has 0 aliphatic heterocycles. The SMILES string of the molecule is CC(CO)C(=O)NC(CN)C(N)=O. The molecule has 6 nitrogen and oxygen atoms in total. The second kappa shape index (κ2) is 5.50. The molecule has 2 atom stereocenters. The molecule has 0 saturated carbocycles. The Balaban J connectivity index is 4.09. The number of carbonyl (C=O) groups is 2. The second-order valence-corrected chi connectivity index (χ2v) is 2.78. The molecule has 0 radical (unpaired) electrons. The van der Waals surface area contributed by atoms with Gasteiger partial charge in [0.1, 0.15) is 6.04 Å². The number of hydrogen-bond donors (Lipinski definition) is 4. The molecule has 0 heterocycles. The van der Waals surface area contributed by atoms with Gasteiger partial charge in [-0.3, -0.25) is 9.59 Å². The topological polar surface area (TPSA) is 118 Å². The quantitative estimate of drug-likeness (QED) is 0.383. The van der Waals surface area contributed by atoms with Crippen LogP contribution in [-0.4, -0.2) is 36.1 Å². The maximum absolute atomic E-state index is 11.1. The highest BCUT2D eigenvalue weighted by molar-refractivity contribution is 5.87. The Morgan fingerprint density at radius 2 is 2.08 bits per heavy atom. The normalized spacial score (nSPS) is 14.7. The molecular weight excluding hydrogens is 174 g/mol. The van der Waals surface area contributed by atoms with Gasteiger partial charge < -0.3 is 21.9 Å². The lowest BCUT2D eigenvalue weighted by molar-refractivity contribution is -0.130. The highest BCUT2D eigenvalue weighted by atomic mass is 16.3. The van der Waals surface area contributed by atoms with Gasteiger partial charge in [-0.15, -0.1) is 0 Å². The number of aliphatic hydroxyl groups is 1. The van der Waals surface area contributed by atoms with Crippen LogP contribution in [0.5, 0.6) is 0 Å². The lowest BCUT2D eigenvalue weighted by atomic mass is 10.1. The Hall–Kier alpha value is -1.14. The van der Waals surface area contributed by atoms with Crippen LogP contribution in [0.15, 0.2) is 0 Å². The average molecular weight is 189 g/mol. The van der Waals surface area contributed by atoms with E-state index >= 15 is 0 Å². The molecule has 0 aromatic carbocycles. The molecule has 6 N–H and O–H groups in total. The summed E-state index contributed by atoms with van der Waals surface area (Å²) < 4.78 is 0. The van der Waals surface area contributed by atoms with Crippen molar-refractivity contribution in [3.8, 4) is 0 Å². The van der Waals surface area contributed by atoms with E-state index in [0.717, 1.165) is 0 Å². The Morgan fingerprint density at radius 3 is 2.38 bits per heavy atom. The lowest BCUT2D eigenvalue weighted by Gasteiger charge is -2.15. The summed E-state index contributed by atoms with van der Waals surface area (Å²) in [6, 6.07) is -0.860. The zero-order chi connectivity index (χ0) is 10.4. The predicted octanol–water partition coefficient (Wildman–Crippen LogP) is -2.46. The minimum atomic E-state index is -0.860. The first-order valence-corrected chi connectivity index (χ1v) is 3.93. The summed E-state index contributed by atoms with van der Waals surface area (Å²) in [5.74, 6) is -1.67. The van der Waals surface area contributed by atoms with E-state index in [2.05, 4.69) is 5.32 Å². The van der Waals surface area contributed by atoms with Gasteiger partial charge in [0, 0.05) is 6.54 Å². The van der Waals surface area contributed by atoms with Crippen LogP contribution in [0.3, 0.4) is 0 Å². The molecule has 0 aromatic rings. The van der Waals surface area contributed by atoms with Crippen molar-refractivity contribution < 1.29 is 14.7 Å². The van der Waals surface area contributed by atoms with Crippen LogP contribution in [0.4, 0.5) is 0 Å². The van der Waals surface area contributed by atoms with Crippen LogP contribution in [-0.2, 0) is 9.59 Å². The van der Waals surface area contributed by atoms with Crippen LogP contribution in [0.25, 0.3) is 0 Å². The number of nitrogens with two attached hydrogens (primary N) is 2. The Labute approximate surface area is 76.3 Å². The molecule has 0 aliphatic rings. The number of rotatable bonds is 5. The Kier molecular flexibility index (Phi) is 5.01. The lowest BCUT2D eigenvalue weighted by Crippen LogP contribution is -2.50. The molecule has 6 heteroatoms. The number of primary amides is 1. The maximum Gasteiger partial charge on any atom is 0.241 e. The van der Waals surface area contributed by atoms with Crippen molar-refractivity contribution in [3.05, 3.63) is 0 Å². The summed E-state index contributed by atoms with van der Waals surface area (Å²) in [4.78, 5) is 21.8. The second-order valence-electron chi connectivity index (χ2n) is 2.78. The van der Waals surface area contributed by atoms with E-state index in [1.165, 1.54) is 6.92 Å². The van der Waals surface area contributed by atoms with Gasteiger partial charge in [-0.2, -0.15) is 0 Å². The molecule has 0 spiro atoms. The van der Waals surface area contributed by atoms with Gasteiger partial charge in [-0.05, 0) is 0 Å². The fourth-order valence-corrected chi connectivity index (χ4v) is 0.643. The molecule has 0 rings (SSSR count). The van der Waals surface area contributed by atoms with Gasteiger partial charge >= 0.3 is 0 Å². The predicted molar refractivity (Wildman–Crippen MR) is 46.4 cm³/mol. The third kappa shape index (κ3) is 3.86. The third-order valence-electron chi connectivity index (χ3n) is 1.62. The molecule has 2 amide bonds. The van der Waals surface area contributed by atoms with Crippen molar-refractivity contribution in [3.63, 3.8) is 0 Å². The fraction of sp³-hybridized carbons (Fsp3) is 0.714. The van der Waals surface area contributed by atoms with Crippen molar-refractivity contribution in [2.45, 2.75) is 13.0 Å². The first-order chi connectivity index (χ1) is 6.02. The zero-order valence-electron chi connectivity index (χ0n) is 7.49. The van der Waals surface area contributed by atoms with Gasteiger partial charge in [0.2, 0.25) is 11.8 Å². The summed E-state index contributed by atoms with van der Waals surface area (Å²) in [5.41, 5.74) is 10.1. The van der Waals surface area contributed by atoms with Crippen molar-refractivity contribution in [2.24, 2.45) is 17.4 Å². The van der Waals surface area contributed by atoms with E-state index in [1.54, 1.807) is 0 Å². The molecule has 0 bridgehead atoms. The summed E-state index contributed by atoms with van der Waals surface area (Å²) in [7, 11) is 0. The van der Waals surface area contributed by atoms with Gasteiger partial charge in [-0.1, -0.05) is 6.92 Å². The maximum atomic E-state index is 11.1. The zero-order valence-corrected chi connectivity index (χ0v) is 7.49. The van der Waals surface area contributed by atoms with Crippen LogP contribution >= 0.6 is 0 Å². The summed E-state index contributed by atoms with van der Waals surface area (Å²) in [5, 5.41) is 10.9. The number of carbonyl (C=O) groups excluding carboxylic acids is 2. The standard InChI is InChI=1S/C7H15N3O3/c1-4(3-11)7(13)10-5(2-8)6(9)12/h4-5,11H,2-3,8H2,1H3,(H2,9,12)(H,10,13). The van der Waals surface area contributed by atoms with Crippen LogP contribution in [0.1, 0.15) is 6.92 Å². The van der Waals surface area contributed by atoms with E-state index < -0.39 is 23.8 Å². The molecule has 13 heavy (non-hydrogen) atoms. The molecule has 0 aromatic heterocycles. The van der Waals surface area contributed by atoms with E-state index in [9.17, 15) is 9.59 Å². The van der Waals surface area contributed by atoms with Crippen molar-refractivity contribution >= 4 is 11.8 Å². The molecule has 76 valence electrons. The van der Waals surface area contributed by atoms with Gasteiger partial charge in [0.05, 0.1) is 12.5 Å². The number of hydrogen-bond acceptors (Lipinski definition) is 4. The van der Waals surface area contributed by atoms with E-state index in [4.69, 9.17) is 16.6 Å². The third-order valence-corrected chi connectivity index (χ3v) is 1.62. The number of amides is 2. The largest absolute Gasteiger partial charge is 0.396 e. The Bertz CT molecular complexity index is 195. The van der Waals surface area contributed by atoms with Crippen molar-refractivity contribution in [1.29, 1.82) is 0 Å². The van der Waals surface area contributed by atoms with Crippen molar-refractivity contribution in [2.75, 3.05) is 13.2 Å². The van der Waals surface area contributed by atoms with E-state index in [1.807, 2.05) is 0 Å². The number of nitrogens with one attached hydrogen (secondary N) is 1. The fourth-order valence-electron chi connectivity index (χ4n) is 0.643. The minimum Gasteiger partial charge on any atom is -0.396 e. The smallest absolute Gasteiger partial charge is 0.241 e. The Morgan fingerprint density at radius 1 is 1.54 bits per heavy atom. The molecule has 0 fully saturated rings. The summed E-state index contributed by atoms with van der Waals surface area (Å²) in [6.45, 7) is 1.21. The first kappa shape index (κ1) is 11.9. The van der Waals surface area contributed by atoms with Crippen LogP contribution in [0.2, 0.25) is 0 Å². The van der Waals surface area contributed by atoms with E-state index in [0.29, 0.717) is 0 Å².